The summed E-state index contributed by atoms with van der Waals surface area (Å²) in [6.07, 6.45) is 4.32. The standard InChI is InChI=1S/C19H19N3O/c20-15-7-8-18-13(10-15)4-3-9-22(18)19(23)11-14-12-21-17-6-2-1-5-16(14)17/h1-2,5-8,10,12,21H,3-4,9,11,20H2. The minimum Gasteiger partial charge on any atom is -0.399 e. The highest BCUT2D eigenvalue weighted by Crippen LogP contribution is 2.30. The molecule has 0 unspecified atom stereocenters. The average molecular weight is 305 g/mol. The number of anilines is 2. The molecule has 3 aromatic rings. The highest BCUT2D eigenvalue weighted by atomic mass is 16.2. The number of nitrogens with two attached hydrogens (primary N) is 1. The van der Waals surface area contributed by atoms with Gasteiger partial charge in [-0.25, -0.2) is 0 Å². The maximum atomic E-state index is 12.8. The third kappa shape index (κ3) is 2.46. The van der Waals surface area contributed by atoms with E-state index in [0.717, 1.165) is 47.2 Å². The Bertz CT molecular complexity index is 881. The number of hydrogen-bond acceptors (Lipinski definition) is 2. The molecule has 116 valence electrons. The summed E-state index contributed by atoms with van der Waals surface area (Å²) in [7, 11) is 0. The van der Waals surface area contributed by atoms with Crippen LogP contribution in [0.4, 0.5) is 11.4 Å². The van der Waals surface area contributed by atoms with Gasteiger partial charge in [0.05, 0.1) is 6.42 Å². The molecule has 0 fully saturated rings. The Labute approximate surface area is 134 Å². The Morgan fingerprint density at radius 3 is 3.00 bits per heavy atom. The number of aromatic nitrogens is 1. The second kappa shape index (κ2) is 5.47. The fourth-order valence-electron chi connectivity index (χ4n) is 3.41. The monoisotopic (exact) mass is 305 g/mol. The van der Waals surface area contributed by atoms with Crippen LogP contribution in [0, 0.1) is 0 Å². The highest BCUT2D eigenvalue weighted by molar-refractivity contribution is 5.98. The molecule has 1 aromatic heterocycles. The lowest BCUT2D eigenvalue weighted by Crippen LogP contribution is -2.36. The van der Waals surface area contributed by atoms with Gasteiger partial charge in [0.15, 0.2) is 0 Å². The lowest BCUT2D eigenvalue weighted by Gasteiger charge is -2.29. The quantitative estimate of drug-likeness (QED) is 0.714. The number of fused-ring (bicyclic) bond motifs is 2. The van der Waals surface area contributed by atoms with Gasteiger partial charge in [0.1, 0.15) is 0 Å². The first-order valence-corrected chi connectivity index (χ1v) is 7.96. The number of aromatic amines is 1. The molecule has 1 amide bonds. The molecule has 4 heteroatoms. The lowest BCUT2D eigenvalue weighted by atomic mass is 10.00. The average Bonchev–Trinajstić information content (AvgIpc) is 2.97. The normalized spacial score (nSPS) is 14.0. The van der Waals surface area contributed by atoms with Crippen LogP contribution in [0.1, 0.15) is 17.5 Å². The van der Waals surface area contributed by atoms with Gasteiger partial charge in [-0.3, -0.25) is 4.79 Å². The summed E-state index contributed by atoms with van der Waals surface area (Å²) in [6.45, 7) is 0.776. The second-order valence-corrected chi connectivity index (χ2v) is 6.07. The first-order valence-electron chi connectivity index (χ1n) is 7.96. The van der Waals surface area contributed by atoms with E-state index in [1.165, 1.54) is 5.56 Å². The Balaban J connectivity index is 1.63. The number of para-hydroxylation sites is 1. The summed E-state index contributed by atoms with van der Waals surface area (Å²) >= 11 is 0. The van der Waals surface area contributed by atoms with Gasteiger partial charge < -0.3 is 15.6 Å². The van der Waals surface area contributed by atoms with Crippen LogP contribution >= 0.6 is 0 Å². The minimum atomic E-state index is 0.139. The van der Waals surface area contributed by atoms with Gasteiger partial charge >= 0.3 is 0 Å². The van der Waals surface area contributed by atoms with Gasteiger partial charge in [0.2, 0.25) is 5.91 Å². The van der Waals surface area contributed by atoms with Crippen molar-refractivity contribution in [2.24, 2.45) is 0 Å². The van der Waals surface area contributed by atoms with E-state index in [1.54, 1.807) is 0 Å². The Morgan fingerprint density at radius 2 is 2.09 bits per heavy atom. The summed E-state index contributed by atoms with van der Waals surface area (Å²) in [5.74, 6) is 0.139. The van der Waals surface area contributed by atoms with Crippen molar-refractivity contribution < 1.29 is 4.79 Å². The van der Waals surface area contributed by atoms with Gasteiger partial charge in [0.25, 0.3) is 0 Å². The van der Waals surface area contributed by atoms with Crippen molar-refractivity contribution in [3.8, 4) is 0 Å². The minimum absolute atomic E-state index is 0.139. The van der Waals surface area contributed by atoms with E-state index in [0.29, 0.717) is 6.42 Å². The molecule has 4 nitrogen and oxygen atoms in total. The van der Waals surface area contributed by atoms with Gasteiger partial charge in [-0.05, 0) is 48.2 Å². The summed E-state index contributed by atoms with van der Waals surface area (Å²) in [5, 5.41) is 1.12. The maximum Gasteiger partial charge on any atom is 0.231 e. The molecule has 0 aliphatic carbocycles. The van der Waals surface area contributed by atoms with E-state index in [2.05, 4.69) is 11.1 Å². The predicted molar refractivity (Wildman–Crippen MR) is 93.5 cm³/mol. The number of aryl methyl sites for hydroxylation is 1. The van der Waals surface area contributed by atoms with Gasteiger partial charge in [-0.2, -0.15) is 0 Å². The van der Waals surface area contributed by atoms with E-state index in [1.807, 2.05) is 47.5 Å². The van der Waals surface area contributed by atoms with E-state index >= 15 is 0 Å². The Kier molecular flexibility index (Phi) is 3.30. The molecule has 0 spiro atoms. The first-order chi connectivity index (χ1) is 11.2. The number of H-pyrrole nitrogens is 1. The summed E-state index contributed by atoms with van der Waals surface area (Å²) in [5.41, 5.74) is 10.9. The number of nitrogen functional groups attached to an aromatic ring is 1. The largest absolute Gasteiger partial charge is 0.399 e. The number of carbonyl (C=O) groups excluding carboxylic acids is 1. The number of rotatable bonds is 2. The molecule has 1 aliphatic rings. The third-order valence-corrected chi connectivity index (χ3v) is 4.54. The molecule has 2 aromatic carbocycles. The van der Waals surface area contributed by atoms with Crippen LogP contribution in [-0.4, -0.2) is 17.4 Å². The molecule has 2 heterocycles. The lowest BCUT2D eigenvalue weighted by molar-refractivity contribution is -0.118. The van der Waals surface area contributed by atoms with Crippen LogP contribution in [0.5, 0.6) is 0 Å². The van der Waals surface area contributed by atoms with Crippen molar-refractivity contribution in [1.82, 2.24) is 4.98 Å². The Hall–Kier alpha value is -2.75. The van der Waals surface area contributed by atoms with Gasteiger partial charge in [-0.15, -0.1) is 0 Å². The van der Waals surface area contributed by atoms with Crippen LogP contribution in [0.25, 0.3) is 10.9 Å². The van der Waals surface area contributed by atoms with Crippen LogP contribution < -0.4 is 10.6 Å². The van der Waals surface area contributed by atoms with Crippen LogP contribution in [-0.2, 0) is 17.6 Å². The second-order valence-electron chi connectivity index (χ2n) is 6.07. The molecule has 0 bridgehead atoms. The van der Waals surface area contributed by atoms with Gasteiger partial charge in [0, 0.05) is 35.0 Å². The zero-order valence-corrected chi connectivity index (χ0v) is 12.9. The van der Waals surface area contributed by atoms with E-state index < -0.39 is 0 Å². The summed E-state index contributed by atoms with van der Waals surface area (Å²) in [4.78, 5) is 18.0. The molecular weight excluding hydrogens is 286 g/mol. The zero-order valence-electron chi connectivity index (χ0n) is 12.9. The summed E-state index contributed by atoms with van der Waals surface area (Å²) < 4.78 is 0. The highest BCUT2D eigenvalue weighted by Gasteiger charge is 2.23. The van der Waals surface area contributed by atoms with E-state index in [9.17, 15) is 4.79 Å². The number of nitrogens with one attached hydrogen (secondary N) is 1. The zero-order chi connectivity index (χ0) is 15.8. The summed E-state index contributed by atoms with van der Waals surface area (Å²) in [6, 6.07) is 13.9. The molecule has 0 saturated heterocycles. The van der Waals surface area contributed by atoms with E-state index in [4.69, 9.17) is 5.73 Å². The number of carbonyl (C=O) groups is 1. The molecule has 0 atom stereocenters. The third-order valence-electron chi connectivity index (χ3n) is 4.54. The molecule has 0 radical (unpaired) electrons. The van der Waals surface area contributed by atoms with Crippen molar-refractivity contribution in [1.29, 1.82) is 0 Å². The number of amides is 1. The number of benzene rings is 2. The molecule has 4 rings (SSSR count). The maximum absolute atomic E-state index is 12.8. The predicted octanol–water partition coefficient (Wildman–Crippen LogP) is 3.27. The fourth-order valence-corrected chi connectivity index (χ4v) is 3.41. The number of hydrogen-bond donors (Lipinski definition) is 2. The van der Waals surface area contributed by atoms with Crippen LogP contribution in [0.15, 0.2) is 48.7 Å². The molecular formula is C19H19N3O. The molecule has 3 N–H and O–H groups in total. The van der Waals surface area contributed by atoms with Crippen molar-refractivity contribution in [2.45, 2.75) is 19.3 Å². The van der Waals surface area contributed by atoms with E-state index in [-0.39, 0.29) is 5.91 Å². The van der Waals surface area contributed by atoms with Crippen molar-refractivity contribution in [2.75, 3.05) is 17.2 Å². The molecule has 23 heavy (non-hydrogen) atoms. The molecule has 1 aliphatic heterocycles. The molecule has 0 saturated carbocycles. The Morgan fingerprint density at radius 1 is 1.22 bits per heavy atom. The van der Waals surface area contributed by atoms with Crippen LogP contribution in [0.2, 0.25) is 0 Å². The van der Waals surface area contributed by atoms with Crippen molar-refractivity contribution >= 4 is 28.2 Å². The van der Waals surface area contributed by atoms with Gasteiger partial charge in [-0.1, -0.05) is 18.2 Å². The van der Waals surface area contributed by atoms with Crippen molar-refractivity contribution in [3.63, 3.8) is 0 Å². The number of nitrogens with zero attached hydrogens (tertiary/aromatic N) is 1. The SMILES string of the molecule is Nc1ccc2c(c1)CCCN2C(=O)Cc1c[nH]c2ccccc12. The fraction of sp³-hybridized carbons (Fsp3) is 0.211. The first kappa shape index (κ1) is 13.9. The topological polar surface area (TPSA) is 62.1 Å². The van der Waals surface area contributed by atoms with Crippen molar-refractivity contribution in [3.05, 3.63) is 59.8 Å². The van der Waals surface area contributed by atoms with Crippen LogP contribution in [0.3, 0.4) is 0 Å². The smallest absolute Gasteiger partial charge is 0.231 e.